The Morgan fingerprint density at radius 1 is 1.62 bits per heavy atom. The molecule has 0 aliphatic rings. The molecular weight excluding hydrogens is 211 g/mol. The van der Waals surface area contributed by atoms with E-state index in [0.717, 1.165) is 11.8 Å². The molecule has 0 amide bonds. The highest BCUT2D eigenvalue weighted by Crippen LogP contribution is 2.06. The van der Waals surface area contributed by atoms with Gasteiger partial charge in [0, 0.05) is 19.3 Å². The molecule has 5 heteroatoms. The first kappa shape index (κ1) is 12.6. The molecule has 0 radical (unpaired) electrons. The molecule has 0 spiro atoms. The standard InChI is InChI=1S/C11H15FN2O2/c1-8(11(15)16)6-14(2)7-9-3-10(12)5-13-4-9/h3-5,8H,6-7H2,1-2H3,(H,15,16). The van der Waals surface area contributed by atoms with Crippen LogP contribution in [0.15, 0.2) is 18.5 Å². The first-order valence-corrected chi connectivity index (χ1v) is 5.00. The van der Waals surface area contributed by atoms with Crippen LogP contribution in [0.5, 0.6) is 0 Å². The second kappa shape index (κ2) is 5.55. The summed E-state index contributed by atoms with van der Waals surface area (Å²) in [5, 5.41) is 8.74. The van der Waals surface area contributed by atoms with Crippen molar-refractivity contribution in [1.29, 1.82) is 0 Å². The van der Waals surface area contributed by atoms with Gasteiger partial charge in [0.15, 0.2) is 0 Å². The van der Waals surface area contributed by atoms with E-state index in [1.807, 2.05) is 4.90 Å². The van der Waals surface area contributed by atoms with E-state index in [0.29, 0.717) is 13.1 Å². The highest BCUT2D eigenvalue weighted by Gasteiger charge is 2.13. The Labute approximate surface area is 93.7 Å². The fourth-order valence-electron chi connectivity index (χ4n) is 1.46. The molecule has 16 heavy (non-hydrogen) atoms. The zero-order valence-corrected chi connectivity index (χ0v) is 9.35. The van der Waals surface area contributed by atoms with Gasteiger partial charge in [-0.1, -0.05) is 6.92 Å². The third kappa shape index (κ3) is 3.94. The number of aliphatic carboxylic acids is 1. The highest BCUT2D eigenvalue weighted by atomic mass is 19.1. The number of carboxylic acid groups (broad SMARTS) is 1. The predicted octanol–water partition coefficient (Wildman–Crippen LogP) is 1.37. The van der Waals surface area contributed by atoms with Crippen LogP contribution in [0.3, 0.4) is 0 Å². The molecule has 1 atom stereocenters. The molecule has 0 aliphatic heterocycles. The Hall–Kier alpha value is -1.49. The van der Waals surface area contributed by atoms with Gasteiger partial charge in [-0.2, -0.15) is 0 Å². The van der Waals surface area contributed by atoms with Crippen molar-refractivity contribution in [3.63, 3.8) is 0 Å². The minimum atomic E-state index is -0.829. The van der Waals surface area contributed by atoms with E-state index in [1.54, 1.807) is 20.2 Å². The Kier molecular flexibility index (Phi) is 4.37. The van der Waals surface area contributed by atoms with E-state index in [1.165, 1.54) is 6.07 Å². The SMILES string of the molecule is CC(CN(C)Cc1cncc(F)c1)C(=O)O. The predicted molar refractivity (Wildman–Crippen MR) is 57.3 cm³/mol. The van der Waals surface area contributed by atoms with E-state index in [4.69, 9.17) is 5.11 Å². The minimum absolute atomic E-state index is 0.378. The lowest BCUT2D eigenvalue weighted by Gasteiger charge is -2.18. The Morgan fingerprint density at radius 3 is 2.88 bits per heavy atom. The summed E-state index contributed by atoms with van der Waals surface area (Å²) in [5.74, 6) is -1.65. The van der Waals surface area contributed by atoms with E-state index < -0.39 is 11.9 Å². The fraction of sp³-hybridized carbons (Fsp3) is 0.455. The van der Waals surface area contributed by atoms with Crippen molar-refractivity contribution in [3.05, 3.63) is 29.8 Å². The first-order chi connectivity index (χ1) is 7.49. The van der Waals surface area contributed by atoms with Gasteiger partial charge in [-0.05, 0) is 18.7 Å². The van der Waals surface area contributed by atoms with E-state index >= 15 is 0 Å². The molecule has 1 unspecified atom stereocenters. The Balaban J connectivity index is 2.51. The van der Waals surface area contributed by atoms with Gasteiger partial charge < -0.3 is 10.0 Å². The smallest absolute Gasteiger partial charge is 0.307 e. The van der Waals surface area contributed by atoms with Crippen molar-refractivity contribution in [3.8, 4) is 0 Å². The number of carboxylic acids is 1. The van der Waals surface area contributed by atoms with Crippen LogP contribution in [0.25, 0.3) is 0 Å². The van der Waals surface area contributed by atoms with Crippen molar-refractivity contribution in [2.75, 3.05) is 13.6 Å². The molecule has 88 valence electrons. The van der Waals surface area contributed by atoms with Crippen molar-refractivity contribution in [2.24, 2.45) is 5.92 Å². The molecule has 1 heterocycles. The molecule has 1 aromatic rings. The van der Waals surface area contributed by atoms with Gasteiger partial charge in [-0.15, -0.1) is 0 Å². The van der Waals surface area contributed by atoms with Gasteiger partial charge in [0.05, 0.1) is 12.1 Å². The number of aromatic nitrogens is 1. The lowest BCUT2D eigenvalue weighted by atomic mass is 10.1. The van der Waals surface area contributed by atoms with Crippen molar-refractivity contribution < 1.29 is 14.3 Å². The van der Waals surface area contributed by atoms with E-state index in [2.05, 4.69) is 4.98 Å². The molecule has 1 N–H and O–H groups in total. The van der Waals surface area contributed by atoms with Gasteiger partial charge >= 0.3 is 5.97 Å². The van der Waals surface area contributed by atoms with Crippen LogP contribution < -0.4 is 0 Å². The summed E-state index contributed by atoms with van der Waals surface area (Å²) in [7, 11) is 1.80. The number of carbonyl (C=O) groups is 1. The Morgan fingerprint density at radius 2 is 2.31 bits per heavy atom. The molecule has 0 aromatic carbocycles. The number of halogens is 1. The quantitative estimate of drug-likeness (QED) is 0.824. The molecular formula is C11H15FN2O2. The molecule has 4 nitrogen and oxygen atoms in total. The highest BCUT2D eigenvalue weighted by molar-refractivity contribution is 5.69. The summed E-state index contributed by atoms with van der Waals surface area (Å²) in [5.41, 5.74) is 0.736. The number of nitrogens with zero attached hydrogens (tertiary/aromatic N) is 2. The topological polar surface area (TPSA) is 53.4 Å². The number of rotatable bonds is 5. The monoisotopic (exact) mass is 226 g/mol. The molecule has 0 aliphatic carbocycles. The van der Waals surface area contributed by atoms with Gasteiger partial charge in [-0.3, -0.25) is 9.78 Å². The van der Waals surface area contributed by atoms with Gasteiger partial charge in [0.1, 0.15) is 5.82 Å². The van der Waals surface area contributed by atoms with Crippen LogP contribution in [0.1, 0.15) is 12.5 Å². The van der Waals surface area contributed by atoms with Crippen molar-refractivity contribution >= 4 is 5.97 Å². The van der Waals surface area contributed by atoms with E-state index in [-0.39, 0.29) is 5.82 Å². The molecule has 0 saturated heterocycles. The van der Waals surface area contributed by atoms with Gasteiger partial charge in [-0.25, -0.2) is 4.39 Å². The number of pyridine rings is 1. The van der Waals surface area contributed by atoms with Crippen LogP contribution in [-0.2, 0) is 11.3 Å². The summed E-state index contributed by atoms with van der Waals surface area (Å²) < 4.78 is 12.8. The van der Waals surface area contributed by atoms with Gasteiger partial charge in [0.25, 0.3) is 0 Å². The summed E-state index contributed by atoms with van der Waals surface area (Å²) in [4.78, 5) is 16.2. The summed E-state index contributed by atoms with van der Waals surface area (Å²) in [6.45, 7) is 2.55. The lowest BCUT2D eigenvalue weighted by Crippen LogP contribution is -2.28. The number of hydrogen-bond acceptors (Lipinski definition) is 3. The van der Waals surface area contributed by atoms with Crippen LogP contribution in [0, 0.1) is 11.7 Å². The maximum Gasteiger partial charge on any atom is 0.307 e. The van der Waals surface area contributed by atoms with Crippen molar-refractivity contribution in [2.45, 2.75) is 13.5 Å². The third-order valence-electron chi connectivity index (χ3n) is 2.22. The van der Waals surface area contributed by atoms with Crippen LogP contribution in [0.4, 0.5) is 4.39 Å². The van der Waals surface area contributed by atoms with E-state index in [9.17, 15) is 9.18 Å². The summed E-state index contributed by atoms with van der Waals surface area (Å²) in [6.07, 6.45) is 2.72. The average Bonchev–Trinajstić information content (AvgIpc) is 2.16. The molecule has 1 rings (SSSR count). The van der Waals surface area contributed by atoms with Gasteiger partial charge in [0.2, 0.25) is 0 Å². The second-order valence-electron chi connectivity index (χ2n) is 3.95. The zero-order valence-electron chi connectivity index (χ0n) is 9.35. The maximum absolute atomic E-state index is 12.8. The van der Waals surface area contributed by atoms with Crippen LogP contribution >= 0.6 is 0 Å². The third-order valence-corrected chi connectivity index (χ3v) is 2.22. The van der Waals surface area contributed by atoms with Crippen molar-refractivity contribution in [1.82, 2.24) is 9.88 Å². The molecule has 1 aromatic heterocycles. The fourth-order valence-corrected chi connectivity index (χ4v) is 1.46. The Bertz CT molecular complexity index is 371. The van der Waals surface area contributed by atoms with Crippen LogP contribution in [-0.4, -0.2) is 34.6 Å². The minimum Gasteiger partial charge on any atom is -0.481 e. The molecule has 0 bridgehead atoms. The lowest BCUT2D eigenvalue weighted by molar-refractivity contribution is -0.141. The summed E-state index contributed by atoms with van der Waals surface area (Å²) >= 11 is 0. The first-order valence-electron chi connectivity index (χ1n) is 5.00. The zero-order chi connectivity index (χ0) is 12.1. The largest absolute Gasteiger partial charge is 0.481 e. The number of hydrogen-bond donors (Lipinski definition) is 1. The summed E-state index contributed by atoms with van der Waals surface area (Å²) in [6, 6.07) is 1.40. The molecule has 0 saturated carbocycles. The maximum atomic E-state index is 12.8. The second-order valence-corrected chi connectivity index (χ2v) is 3.95. The molecule has 0 fully saturated rings. The average molecular weight is 226 g/mol. The van der Waals surface area contributed by atoms with Crippen LogP contribution in [0.2, 0.25) is 0 Å². The normalized spacial score (nSPS) is 12.8.